The Morgan fingerprint density at radius 3 is 2.60 bits per heavy atom. The van der Waals surface area contributed by atoms with Crippen molar-refractivity contribution in [1.82, 2.24) is 4.57 Å². The van der Waals surface area contributed by atoms with Crippen LogP contribution < -0.4 is 0 Å². The van der Waals surface area contributed by atoms with Crippen LogP contribution >= 0.6 is 27.5 Å². The van der Waals surface area contributed by atoms with Gasteiger partial charge < -0.3 is 9.67 Å². The maximum atomic E-state index is 12.4. The SMILES string of the molecule is Cn1c(CC(=O)O)ccc1C(=O)c1ccc(Cl)c(Br)c1. The van der Waals surface area contributed by atoms with E-state index in [0.717, 1.165) is 0 Å². The van der Waals surface area contributed by atoms with Crippen molar-refractivity contribution in [3.63, 3.8) is 0 Å². The number of aromatic nitrogens is 1. The predicted molar refractivity (Wildman–Crippen MR) is 79.3 cm³/mol. The van der Waals surface area contributed by atoms with Crippen LogP contribution in [-0.2, 0) is 18.3 Å². The van der Waals surface area contributed by atoms with Crippen LogP contribution in [0.1, 0.15) is 21.7 Å². The quantitative estimate of drug-likeness (QED) is 0.855. The Labute approximate surface area is 129 Å². The van der Waals surface area contributed by atoms with Crippen molar-refractivity contribution in [2.75, 3.05) is 0 Å². The molecule has 0 spiro atoms. The molecule has 2 aromatic rings. The van der Waals surface area contributed by atoms with Crippen LogP contribution in [0.2, 0.25) is 5.02 Å². The number of aliphatic carboxylic acids is 1. The van der Waals surface area contributed by atoms with Gasteiger partial charge in [0, 0.05) is 22.8 Å². The van der Waals surface area contributed by atoms with Gasteiger partial charge in [-0.25, -0.2) is 0 Å². The minimum Gasteiger partial charge on any atom is -0.481 e. The van der Waals surface area contributed by atoms with E-state index in [4.69, 9.17) is 16.7 Å². The zero-order valence-corrected chi connectivity index (χ0v) is 12.9. The number of carboxylic acids is 1. The van der Waals surface area contributed by atoms with Gasteiger partial charge in [0.15, 0.2) is 0 Å². The van der Waals surface area contributed by atoms with E-state index >= 15 is 0 Å². The first-order valence-electron chi connectivity index (χ1n) is 5.76. The summed E-state index contributed by atoms with van der Waals surface area (Å²) in [6.45, 7) is 0. The zero-order valence-electron chi connectivity index (χ0n) is 10.6. The fourth-order valence-corrected chi connectivity index (χ4v) is 2.40. The van der Waals surface area contributed by atoms with E-state index in [1.807, 2.05) is 0 Å². The van der Waals surface area contributed by atoms with Crippen LogP contribution in [0.5, 0.6) is 0 Å². The number of benzene rings is 1. The van der Waals surface area contributed by atoms with Crippen molar-refractivity contribution in [1.29, 1.82) is 0 Å². The first-order chi connectivity index (χ1) is 9.40. The molecule has 1 heterocycles. The lowest BCUT2D eigenvalue weighted by atomic mass is 10.1. The average Bonchev–Trinajstić information content (AvgIpc) is 2.73. The van der Waals surface area contributed by atoms with Crippen molar-refractivity contribution in [3.05, 3.63) is 56.8 Å². The largest absolute Gasteiger partial charge is 0.481 e. The number of ketones is 1. The number of carbonyl (C=O) groups is 2. The second kappa shape index (κ2) is 5.81. The van der Waals surface area contributed by atoms with Crippen molar-refractivity contribution >= 4 is 39.3 Å². The topological polar surface area (TPSA) is 59.3 Å². The number of nitrogens with zero attached hydrogens (tertiary/aromatic N) is 1. The summed E-state index contributed by atoms with van der Waals surface area (Å²) in [6.07, 6.45) is -0.117. The molecule has 6 heteroatoms. The summed E-state index contributed by atoms with van der Waals surface area (Å²) in [5.41, 5.74) is 1.51. The zero-order chi connectivity index (χ0) is 14.9. The Kier molecular flexibility index (Phi) is 4.30. The van der Waals surface area contributed by atoms with Crippen LogP contribution in [-0.4, -0.2) is 21.4 Å². The number of carboxylic acid groups (broad SMARTS) is 1. The number of halogens is 2. The molecular weight excluding hydrogens is 346 g/mol. The van der Waals surface area contributed by atoms with Crippen molar-refractivity contribution in [2.45, 2.75) is 6.42 Å². The molecule has 0 fully saturated rings. The first kappa shape index (κ1) is 14.8. The summed E-state index contributed by atoms with van der Waals surface area (Å²) in [5.74, 6) is -1.11. The van der Waals surface area contributed by atoms with Crippen molar-refractivity contribution in [3.8, 4) is 0 Å². The maximum absolute atomic E-state index is 12.4. The maximum Gasteiger partial charge on any atom is 0.309 e. The van der Waals surface area contributed by atoms with E-state index in [1.54, 1.807) is 41.9 Å². The normalized spacial score (nSPS) is 10.6. The van der Waals surface area contributed by atoms with E-state index in [1.165, 1.54) is 0 Å². The van der Waals surface area contributed by atoms with Gasteiger partial charge in [-0.2, -0.15) is 0 Å². The van der Waals surface area contributed by atoms with Crippen LogP contribution in [0.4, 0.5) is 0 Å². The summed E-state index contributed by atoms with van der Waals surface area (Å²) >= 11 is 9.17. The molecule has 104 valence electrons. The number of carbonyl (C=O) groups excluding carboxylic acids is 1. The fourth-order valence-electron chi connectivity index (χ4n) is 1.90. The third-order valence-electron chi connectivity index (χ3n) is 2.97. The third kappa shape index (κ3) is 2.94. The highest BCUT2D eigenvalue weighted by Crippen LogP contribution is 2.24. The van der Waals surface area contributed by atoms with Gasteiger partial charge >= 0.3 is 5.97 Å². The highest BCUT2D eigenvalue weighted by molar-refractivity contribution is 9.10. The molecule has 0 aliphatic rings. The van der Waals surface area contributed by atoms with Gasteiger partial charge in [0.25, 0.3) is 0 Å². The molecule has 0 unspecified atom stereocenters. The molecular formula is C14H11BrClNO3. The molecule has 0 radical (unpaired) electrons. The first-order valence-corrected chi connectivity index (χ1v) is 6.93. The minimum atomic E-state index is -0.931. The van der Waals surface area contributed by atoms with Gasteiger partial charge in [-0.15, -0.1) is 0 Å². The molecule has 4 nitrogen and oxygen atoms in total. The molecule has 20 heavy (non-hydrogen) atoms. The van der Waals surface area contributed by atoms with Gasteiger partial charge in [0.2, 0.25) is 5.78 Å². The summed E-state index contributed by atoms with van der Waals surface area (Å²) < 4.78 is 2.24. The second-order valence-corrected chi connectivity index (χ2v) is 5.56. The van der Waals surface area contributed by atoms with Crippen LogP contribution in [0.3, 0.4) is 0 Å². The van der Waals surface area contributed by atoms with E-state index in [-0.39, 0.29) is 12.2 Å². The fraction of sp³-hybridized carbons (Fsp3) is 0.143. The molecule has 0 bridgehead atoms. The van der Waals surface area contributed by atoms with E-state index in [0.29, 0.717) is 26.4 Å². The van der Waals surface area contributed by atoms with Gasteiger partial charge in [0.05, 0.1) is 17.1 Å². The Morgan fingerprint density at radius 2 is 2.00 bits per heavy atom. The lowest BCUT2D eigenvalue weighted by Crippen LogP contribution is -2.11. The van der Waals surface area contributed by atoms with Gasteiger partial charge in [-0.3, -0.25) is 9.59 Å². The average molecular weight is 357 g/mol. The highest BCUT2D eigenvalue weighted by Gasteiger charge is 2.16. The minimum absolute atomic E-state index is 0.117. The van der Waals surface area contributed by atoms with Crippen molar-refractivity contribution < 1.29 is 14.7 Å². The highest BCUT2D eigenvalue weighted by atomic mass is 79.9. The molecule has 1 N–H and O–H groups in total. The Morgan fingerprint density at radius 1 is 1.30 bits per heavy atom. The van der Waals surface area contributed by atoms with Crippen molar-refractivity contribution in [2.24, 2.45) is 7.05 Å². The molecule has 0 saturated heterocycles. The summed E-state index contributed by atoms with van der Waals surface area (Å²) in [6, 6.07) is 8.20. The molecule has 1 aromatic carbocycles. The Bertz CT molecular complexity index is 694. The summed E-state index contributed by atoms with van der Waals surface area (Å²) in [4.78, 5) is 23.1. The van der Waals surface area contributed by atoms with E-state index < -0.39 is 5.97 Å². The second-order valence-electron chi connectivity index (χ2n) is 4.30. The Balaban J connectivity index is 2.36. The smallest absolute Gasteiger partial charge is 0.309 e. The third-order valence-corrected chi connectivity index (χ3v) is 4.19. The lowest BCUT2D eigenvalue weighted by molar-refractivity contribution is -0.136. The van der Waals surface area contributed by atoms with Gasteiger partial charge in [0.1, 0.15) is 0 Å². The predicted octanol–water partition coefficient (Wildman–Crippen LogP) is 3.30. The number of rotatable bonds is 4. The molecule has 2 rings (SSSR count). The molecule has 0 saturated carbocycles. The van der Waals surface area contributed by atoms with Crippen LogP contribution in [0, 0.1) is 0 Å². The van der Waals surface area contributed by atoms with Crippen LogP contribution in [0.15, 0.2) is 34.8 Å². The molecule has 0 aliphatic heterocycles. The summed E-state index contributed by atoms with van der Waals surface area (Å²) in [5, 5.41) is 9.33. The lowest BCUT2D eigenvalue weighted by Gasteiger charge is -2.06. The van der Waals surface area contributed by atoms with E-state index in [9.17, 15) is 9.59 Å². The molecule has 0 atom stereocenters. The molecule has 1 aromatic heterocycles. The molecule has 0 amide bonds. The monoisotopic (exact) mass is 355 g/mol. The van der Waals surface area contributed by atoms with Gasteiger partial charge in [-0.1, -0.05) is 11.6 Å². The number of hydrogen-bond acceptors (Lipinski definition) is 2. The summed E-state index contributed by atoms with van der Waals surface area (Å²) in [7, 11) is 1.68. The van der Waals surface area contributed by atoms with Crippen LogP contribution in [0.25, 0.3) is 0 Å². The Hall–Kier alpha value is -1.59. The molecule has 0 aliphatic carbocycles. The standard InChI is InChI=1S/C14H11BrClNO3/c1-17-9(7-13(18)19)3-5-12(17)14(20)8-2-4-11(16)10(15)6-8/h2-6H,7H2,1H3,(H,18,19). The van der Waals surface area contributed by atoms with Gasteiger partial charge in [-0.05, 0) is 46.3 Å². The van der Waals surface area contributed by atoms with E-state index in [2.05, 4.69) is 15.9 Å². The number of hydrogen-bond donors (Lipinski definition) is 1.